The molecule has 0 aliphatic carbocycles. The molecule has 0 bridgehead atoms. The zero-order chi connectivity index (χ0) is 13.7. The molecule has 0 radical (unpaired) electrons. The number of fused-ring (bicyclic) bond motifs is 1. The van der Waals surface area contributed by atoms with Crippen molar-refractivity contribution in [1.82, 2.24) is 4.98 Å². The second kappa shape index (κ2) is 6.34. The number of allylic oxidation sites excluding steroid dienone is 3. The Morgan fingerprint density at radius 2 is 2.32 bits per heavy atom. The molecule has 3 heteroatoms. The Morgan fingerprint density at radius 1 is 1.47 bits per heavy atom. The van der Waals surface area contributed by atoms with E-state index in [-0.39, 0.29) is 0 Å². The molecule has 1 aliphatic rings. The number of nitrogens with zero attached hydrogens (tertiary/aromatic N) is 2. The van der Waals surface area contributed by atoms with Crippen LogP contribution in [0.4, 0.5) is 0 Å². The molecule has 0 N–H and O–H groups in total. The van der Waals surface area contributed by atoms with Crippen molar-refractivity contribution in [3.8, 4) is 0 Å². The zero-order valence-electron chi connectivity index (χ0n) is 11.0. The lowest BCUT2D eigenvalue weighted by atomic mass is 10.1. The van der Waals surface area contributed by atoms with Crippen molar-refractivity contribution in [3.63, 3.8) is 0 Å². The number of hydrogen-bond donors (Lipinski definition) is 0. The van der Waals surface area contributed by atoms with Gasteiger partial charge < -0.3 is 0 Å². The molecule has 0 saturated carbocycles. The van der Waals surface area contributed by atoms with Crippen LogP contribution in [0.1, 0.15) is 6.42 Å². The Kier molecular flexibility index (Phi) is 4.53. The third-order valence-corrected chi connectivity index (χ3v) is 3.77. The lowest BCUT2D eigenvalue weighted by Crippen LogP contribution is -2.27. The van der Waals surface area contributed by atoms with Gasteiger partial charge in [0, 0.05) is 29.3 Å². The highest BCUT2D eigenvalue weighted by atomic mass is 32.2. The largest absolute Gasteiger partial charge is 0.296 e. The second-order valence-corrected chi connectivity index (χ2v) is 5.25. The van der Waals surface area contributed by atoms with Gasteiger partial charge in [0.05, 0.1) is 5.35 Å². The molecule has 1 aliphatic heterocycles. The van der Waals surface area contributed by atoms with Crippen LogP contribution in [0.2, 0.25) is 0 Å². The Balaban J connectivity index is 2.62. The first-order valence-electron chi connectivity index (χ1n) is 6.02. The summed E-state index contributed by atoms with van der Waals surface area (Å²) in [5.74, 6) is 0. The highest BCUT2D eigenvalue weighted by Gasteiger charge is 2.05. The van der Waals surface area contributed by atoms with Crippen molar-refractivity contribution in [3.05, 3.63) is 63.5 Å². The van der Waals surface area contributed by atoms with Gasteiger partial charge in [0.15, 0.2) is 0 Å². The summed E-state index contributed by atoms with van der Waals surface area (Å²) in [6.07, 6.45) is 10.5. The molecule has 0 aromatic carbocycles. The van der Waals surface area contributed by atoms with Crippen molar-refractivity contribution in [2.75, 3.05) is 7.05 Å². The van der Waals surface area contributed by atoms with Crippen LogP contribution < -0.4 is 10.6 Å². The van der Waals surface area contributed by atoms with Gasteiger partial charge in [0.1, 0.15) is 0 Å². The summed E-state index contributed by atoms with van der Waals surface area (Å²) in [6.45, 7) is 7.95. The summed E-state index contributed by atoms with van der Waals surface area (Å²) in [7, 11) is 1.78. The minimum atomic E-state index is 0.811. The first-order chi connectivity index (χ1) is 9.24. The van der Waals surface area contributed by atoms with Crippen LogP contribution in [0.3, 0.4) is 0 Å². The van der Waals surface area contributed by atoms with E-state index in [9.17, 15) is 0 Å². The van der Waals surface area contributed by atoms with Crippen molar-refractivity contribution in [2.24, 2.45) is 4.99 Å². The average Bonchev–Trinajstić information content (AvgIpc) is 2.48. The predicted octanol–water partition coefficient (Wildman–Crippen LogP) is 2.43. The molecule has 2 heterocycles. The lowest BCUT2D eigenvalue weighted by Gasteiger charge is -2.05. The normalized spacial score (nSPS) is 23.3. The van der Waals surface area contributed by atoms with Crippen molar-refractivity contribution in [1.29, 1.82) is 0 Å². The Bertz CT molecular complexity index is 681. The fraction of sp³-hybridized carbons (Fsp3) is 0.125. The van der Waals surface area contributed by atoms with Crippen LogP contribution in [0.5, 0.6) is 0 Å². The number of pyridine rings is 1. The van der Waals surface area contributed by atoms with Gasteiger partial charge >= 0.3 is 0 Å². The first-order valence-corrected chi connectivity index (χ1v) is 6.83. The van der Waals surface area contributed by atoms with Crippen LogP contribution in [-0.2, 0) is 0 Å². The van der Waals surface area contributed by atoms with Gasteiger partial charge in [0.2, 0.25) is 0 Å². The fourth-order valence-corrected chi connectivity index (χ4v) is 2.68. The summed E-state index contributed by atoms with van der Waals surface area (Å²) in [5, 5.41) is 2.08. The Hall–Kier alpha value is -1.87. The second-order valence-electron chi connectivity index (χ2n) is 4.08. The van der Waals surface area contributed by atoms with Crippen LogP contribution in [0.25, 0.3) is 12.2 Å². The monoisotopic (exact) mass is 268 g/mol. The lowest BCUT2D eigenvalue weighted by molar-refractivity contribution is 1.21. The number of thioether (sulfide) groups is 1. The molecular formula is C16H16N2S. The molecule has 0 fully saturated rings. The molecule has 19 heavy (non-hydrogen) atoms. The van der Waals surface area contributed by atoms with E-state index in [0.29, 0.717) is 0 Å². The standard InChI is InChI=1S/C16H16N2S/c1-4-16-14(11-17-3)8-7-13-6-5-9-18-15(13)10-12(2)19-16/h4-7,9-11H,1-2,8H2,3H3/b13-7-,15-10+,16-14+,17-11?. The van der Waals surface area contributed by atoms with E-state index in [4.69, 9.17) is 0 Å². The van der Waals surface area contributed by atoms with Crippen molar-refractivity contribution in [2.45, 2.75) is 6.42 Å². The number of aromatic nitrogens is 1. The summed E-state index contributed by atoms with van der Waals surface area (Å²) in [6, 6.07) is 4.01. The highest BCUT2D eigenvalue weighted by molar-refractivity contribution is 8.07. The van der Waals surface area contributed by atoms with Crippen LogP contribution in [0.15, 0.2) is 57.9 Å². The molecule has 2 nitrogen and oxygen atoms in total. The minimum Gasteiger partial charge on any atom is -0.296 e. The quantitative estimate of drug-likeness (QED) is 0.770. The van der Waals surface area contributed by atoms with Gasteiger partial charge in [-0.05, 0) is 29.4 Å². The van der Waals surface area contributed by atoms with Crippen LogP contribution in [-0.4, -0.2) is 18.2 Å². The number of aliphatic imine (C=N–C) groups is 1. The third-order valence-electron chi connectivity index (χ3n) is 2.74. The fourth-order valence-electron chi connectivity index (χ4n) is 1.88. The number of hydrogen-bond acceptors (Lipinski definition) is 3. The SMILES string of the molecule is C=C/C1=C(\C=NC)C/C=c2/cccn/c2=C/C(=C)S1. The average molecular weight is 268 g/mol. The molecule has 0 saturated heterocycles. The highest BCUT2D eigenvalue weighted by Crippen LogP contribution is 2.29. The van der Waals surface area contributed by atoms with Crippen molar-refractivity contribution >= 4 is 30.1 Å². The molecular weight excluding hydrogens is 252 g/mol. The minimum absolute atomic E-state index is 0.811. The molecule has 0 unspecified atom stereocenters. The summed E-state index contributed by atoms with van der Waals surface area (Å²) < 4.78 is 0. The van der Waals surface area contributed by atoms with Crippen LogP contribution >= 0.6 is 11.8 Å². The van der Waals surface area contributed by atoms with Gasteiger partial charge in [-0.2, -0.15) is 0 Å². The molecule has 96 valence electrons. The van der Waals surface area contributed by atoms with Gasteiger partial charge in [-0.1, -0.05) is 43.1 Å². The maximum absolute atomic E-state index is 4.40. The summed E-state index contributed by atoms with van der Waals surface area (Å²) in [5.41, 5.74) is 1.15. The van der Waals surface area contributed by atoms with E-state index in [1.807, 2.05) is 24.4 Å². The molecule has 0 spiro atoms. The summed E-state index contributed by atoms with van der Waals surface area (Å²) >= 11 is 1.61. The molecule has 2 rings (SSSR count). The van der Waals surface area contributed by atoms with Gasteiger partial charge in [-0.3, -0.25) is 9.98 Å². The predicted molar refractivity (Wildman–Crippen MR) is 85.4 cm³/mol. The van der Waals surface area contributed by atoms with Crippen molar-refractivity contribution < 1.29 is 0 Å². The smallest absolute Gasteiger partial charge is 0.0709 e. The van der Waals surface area contributed by atoms with E-state index >= 15 is 0 Å². The van der Waals surface area contributed by atoms with E-state index < -0.39 is 0 Å². The molecule has 1 aromatic heterocycles. The van der Waals surface area contributed by atoms with Gasteiger partial charge in [-0.25, -0.2) is 0 Å². The maximum Gasteiger partial charge on any atom is 0.0709 e. The Morgan fingerprint density at radius 3 is 3.05 bits per heavy atom. The third kappa shape index (κ3) is 3.32. The van der Waals surface area contributed by atoms with Gasteiger partial charge in [0.25, 0.3) is 0 Å². The Labute approximate surface area is 117 Å². The first kappa shape index (κ1) is 13.6. The van der Waals surface area contributed by atoms with Crippen LogP contribution in [0, 0.1) is 0 Å². The molecule has 1 aromatic rings. The van der Waals surface area contributed by atoms with Gasteiger partial charge in [-0.15, -0.1) is 0 Å². The summed E-state index contributed by atoms with van der Waals surface area (Å²) in [4.78, 5) is 10.6. The topological polar surface area (TPSA) is 25.2 Å². The maximum atomic E-state index is 4.40. The van der Waals surface area contributed by atoms with E-state index in [1.54, 1.807) is 25.0 Å². The number of rotatable bonds is 2. The van der Waals surface area contributed by atoms with E-state index in [1.165, 1.54) is 0 Å². The zero-order valence-corrected chi connectivity index (χ0v) is 11.8. The van der Waals surface area contributed by atoms with E-state index in [2.05, 4.69) is 35.3 Å². The molecule has 0 atom stereocenters. The van der Waals surface area contributed by atoms with E-state index in [0.717, 1.165) is 32.4 Å². The molecule has 0 amide bonds.